The van der Waals surface area contributed by atoms with E-state index in [-0.39, 0.29) is 24.1 Å². The molecule has 9 nitrogen and oxygen atoms in total. The third kappa shape index (κ3) is 4.30. The van der Waals surface area contributed by atoms with Gasteiger partial charge in [-0.25, -0.2) is 4.79 Å². The zero-order valence-electron chi connectivity index (χ0n) is 17.4. The highest BCUT2D eigenvalue weighted by Gasteiger charge is 2.22. The number of H-pyrrole nitrogens is 1. The zero-order chi connectivity index (χ0) is 22.1. The first-order valence-corrected chi connectivity index (χ1v) is 11.1. The minimum Gasteiger partial charge on any atom is -0.408 e. The number of amides is 2. The van der Waals surface area contributed by atoms with E-state index in [2.05, 4.69) is 31.4 Å². The van der Waals surface area contributed by atoms with Crippen LogP contribution in [0.1, 0.15) is 55.2 Å². The molecule has 2 amide bonds. The number of fused-ring (bicyclic) bond motifs is 1. The summed E-state index contributed by atoms with van der Waals surface area (Å²) < 4.78 is 7.21. The smallest absolute Gasteiger partial charge is 0.408 e. The maximum atomic E-state index is 12.7. The molecule has 3 aromatic rings. The normalized spacial score (nSPS) is 14.4. The standard InChI is InChI=1S/C21H24BrN5O4/c1-12(2)18-17(22)19(25-24-18)20(29)23-13-6-7-15-14(10-13)27(21(30)31-15)11-16(28)26-8-4-3-5-9-26/h6-7,10,12H,3-5,8-9,11H2,1-2H3,(H,23,29)(H,24,25). The lowest BCUT2D eigenvalue weighted by Crippen LogP contribution is -2.39. The first kappa shape index (κ1) is 21.4. The van der Waals surface area contributed by atoms with Crippen LogP contribution < -0.4 is 11.1 Å². The highest BCUT2D eigenvalue weighted by molar-refractivity contribution is 9.10. The summed E-state index contributed by atoms with van der Waals surface area (Å²) in [6, 6.07) is 4.88. The highest BCUT2D eigenvalue weighted by Crippen LogP contribution is 2.26. The number of carbonyl (C=O) groups is 2. The van der Waals surface area contributed by atoms with E-state index in [1.807, 2.05) is 13.8 Å². The third-order valence-electron chi connectivity index (χ3n) is 5.45. The molecule has 0 spiro atoms. The van der Waals surface area contributed by atoms with Crippen LogP contribution in [-0.4, -0.2) is 44.6 Å². The maximum Gasteiger partial charge on any atom is 0.420 e. The van der Waals surface area contributed by atoms with Crippen LogP contribution in [0.4, 0.5) is 5.69 Å². The number of piperidine rings is 1. The predicted molar refractivity (Wildman–Crippen MR) is 119 cm³/mol. The van der Waals surface area contributed by atoms with Gasteiger partial charge < -0.3 is 14.6 Å². The van der Waals surface area contributed by atoms with Crippen LogP contribution in [0.15, 0.2) is 31.9 Å². The molecule has 0 bridgehead atoms. The molecular formula is C21H24BrN5O4. The Bertz CT molecular complexity index is 1190. The molecular weight excluding hydrogens is 466 g/mol. The Hall–Kier alpha value is -2.88. The van der Waals surface area contributed by atoms with Gasteiger partial charge in [0.15, 0.2) is 11.3 Å². The Morgan fingerprint density at radius 2 is 2.00 bits per heavy atom. The minimum atomic E-state index is -0.597. The SMILES string of the molecule is CC(C)c1[nH]nc(C(=O)Nc2ccc3oc(=O)n(CC(=O)N4CCCCC4)c3c2)c1Br. The van der Waals surface area contributed by atoms with Gasteiger partial charge in [-0.2, -0.15) is 5.10 Å². The van der Waals surface area contributed by atoms with Crippen molar-refractivity contribution >= 4 is 44.5 Å². The van der Waals surface area contributed by atoms with E-state index in [9.17, 15) is 14.4 Å². The molecule has 1 aliphatic heterocycles. The van der Waals surface area contributed by atoms with Crippen LogP contribution >= 0.6 is 15.9 Å². The number of halogens is 1. The number of aromatic amines is 1. The van der Waals surface area contributed by atoms with Crippen LogP contribution in [0.2, 0.25) is 0 Å². The molecule has 0 aliphatic carbocycles. The molecule has 0 unspecified atom stereocenters. The minimum absolute atomic E-state index is 0.0914. The van der Waals surface area contributed by atoms with Crippen molar-refractivity contribution in [2.24, 2.45) is 0 Å². The Morgan fingerprint density at radius 3 is 2.68 bits per heavy atom. The van der Waals surface area contributed by atoms with Crippen molar-refractivity contribution in [1.82, 2.24) is 19.7 Å². The Morgan fingerprint density at radius 1 is 1.26 bits per heavy atom. The van der Waals surface area contributed by atoms with E-state index in [0.29, 0.717) is 34.3 Å². The van der Waals surface area contributed by atoms with E-state index >= 15 is 0 Å². The van der Waals surface area contributed by atoms with E-state index in [1.165, 1.54) is 4.57 Å². The summed E-state index contributed by atoms with van der Waals surface area (Å²) in [7, 11) is 0. The van der Waals surface area contributed by atoms with Gasteiger partial charge in [-0.15, -0.1) is 0 Å². The van der Waals surface area contributed by atoms with Gasteiger partial charge >= 0.3 is 5.76 Å². The Kier molecular flexibility index (Phi) is 5.99. The largest absolute Gasteiger partial charge is 0.420 e. The Balaban J connectivity index is 1.57. The number of nitrogens with zero attached hydrogens (tertiary/aromatic N) is 3. The second kappa shape index (κ2) is 8.70. The number of likely N-dealkylation sites (tertiary alicyclic amines) is 1. The summed E-state index contributed by atoms with van der Waals surface area (Å²) in [5.41, 5.74) is 2.36. The van der Waals surface area contributed by atoms with Crippen LogP contribution in [0, 0.1) is 0 Å². The first-order valence-electron chi connectivity index (χ1n) is 10.3. The van der Waals surface area contributed by atoms with Crippen molar-refractivity contribution in [3.8, 4) is 0 Å². The molecule has 0 atom stereocenters. The summed E-state index contributed by atoms with van der Waals surface area (Å²) in [6.45, 7) is 5.32. The van der Waals surface area contributed by atoms with Gasteiger partial charge in [0.1, 0.15) is 6.54 Å². The molecule has 2 aromatic heterocycles. The number of rotatable bonds is 5. The lowest BCUT2D eigenvalue weighted by atomic mass is 10.1. The quantitative estimate of drug-likeness (QED) is 0.569. The molecule has 1 aliphatic rings. The fraction of sp³-hybridized carbons (Fsp3) is 0.429. The van der Waals surface area contributed by atoms with Gasteiger partial charge in [-0.3, -0.25) is 19.3 Å². The first-order chi connectivity index (χ1) is 14.8. The number of aromatic nitrogens is 3. The molecule has 0 saturated carbocycles. The monoisotopic (exact) mass is 489 g/mol. The van der Waals surface area contributed by atoms with Crippen LogP contribution in [0.3, 0.4) is 0 Å². The number of hydrogen-bond acceptors (Lipinski definition) is 5. The molecule has 31 heavy (non-hydrogen) atoms. The van der Waals surface area contributed by atoms with Gasteiger partial charge in [-0.1, -0.05) is 13.8 Å². The average Bonchev–Trinajstić information content (AvgIpc) is 3.28. The number of carbonyl (C=O) groups excluding carboxylic acids is 2. The maximum absolute atomic E-state index is 12.7. The van der Waals surface area contributed by atoms with Gasteiger partial charge in [-0.05, 0) is 59.3 Å². The average molecular weight is 490 g/mol. The molecule has 1 saturated heterocycles. The summed E-state index contributed by atoms with van der Waals surface area (Å²) in [5.74, 6) is -0.921. The second-order valence-electron chi connectivity index (χ2n) is 7.99. The number of hydrogen-bond donors (Lipinski definition) is 2. The van der Waals surface area contributed by atoms with Crippen LogP contribution in [-0.2, 0) is 11.3 Å². The molecule has 2 N–H and O–H groups in total. The molecule has 4 rings (SSSR count). The zero-order valence-corrected chi connectivity index (χ0v) is 19.0. The van der Waals surface area contributed by atoms with Crippen molar-refractivity contribution in [2.75, 3.05) is 18.4 Å². The van der Waals surface area contributed by atoms with Crippen molar-refractivity contribution < 1.29 is 14.0 Å². The molecule has 164 valence electrons. The number of benzene rings is 1. The number of anilines is 1. The van der Waals surface area contributed by atoms with Crippen molar-refractivity contribution in [1.29, 1.82) is 0 Å². The van der Waals surface area contributed by atoms with Gasteiger partial charge in [0.05, 0.1) is 15.7 Å². The summed E-state index contributed by atoms with van der Waals surface area (Å²) in [5, 5.41) is 9.77. The summed E-state index contributed by atoms with van der Waals surface area (Å²) >= 11 is 3.43. The summed E-state index contributed by atoms with van der Waals surface area (Å²) in [4.78, 5) is 39.5. The number of oxazole rings is 1. The van der Waals surface area contributed by atoms with Crippen LogP contribution in [0.25, 0.3) is 11.1 Å². The fourth-order valence-corrected chi connectivity index (χ4v) is 4.55. The molecule has 1 aromatic carbocycles. The van der Waals surface area contributed by atoms with Crippen molar-refractivity contribution in [2.45, 2.75) is 45.6 Å². The van der Waals surface area contributed by atoms with Gasteiger partial charge in [0.2, 0.25) is 5.91 Å². The fourth-order valence-electron chi connectivity index (χ4n) is 3.73. The van der Waals surface area contributed by atoms with Gasteiger partial charge in [0.25, 0.3) is 5.91 Å². The molecule has 1 fully saturated rings. The van der Waals surface area contributed by atoms with E-state index < -0.39 is 11.7 Å². The Labute approximate surface area is 186 Å². The molecule has 10 heteroatoms. The van der Waals surface area contributed by atoms with E-state index in [1.54, 1.807) is 23.1 Å². The molecule has 0 radical (unpaired) electrons. The highest BCUT2D eigenvalue weighted by atomic mass is 79.9. The lowest BCUT2D eigenvalue weighted by Gasteiger charge is -2.26. The van der Waals surface area contributed by atoms with E-state index in [4.69, 9.17) is 4.42 Å². The second-order valence-corrected chi connectivity index (χ2v) is 8.78. The number of nitrogens with one attached hydrogen (secondary N) is 2. The van der Waals surface area contributed by atoms with Gasteiger partial charge in [0, 0.05) is 18.8 Å². The predicted octanol–water partition coefficient (Wildman–Crippen LogP) is 3.47. The van der Waals surface area contributed by atoms with Crippen molar-refractivity contribution in [3.63, 3.8) is 0 Å². The van der Waals surface area contributed by atoms with Crippen molar-refractivity contribution in [3.05, 3.63) is 44.6 Å². The topological polar surface area (TPSA) is 113 Å². The third-order valence-corrected chi connectivity index (χ3v) is 6.26. The lowest BCUT2D eigenvalue weighted by molar-refractivity contribution is -0.132. The van der Waals surface area contributed by atoms with E-state index in [0.717, 1.165) is 25.0 Å². The van der Waals surface area contributed by atoms with Crippen LogP contribution in [0.5, 0.6) is 0 Å². The summed E-state index contributed by atoms with van der Waals surface area (Å²) in [6.07, 6.45) is 3.07. The molecule has 3 heterocycles.